The summed E-state index contributed by atoms with van der Waals surface area (Å²) in [5, 5.41) is 16.8. The Balaban J connectivity index is 1.29. The van der Waals surface area contributed by atoms with Crippen molar-refractivity contribution in [3.63, 3.8) is 0 Å². The molecule has 6 heteroatoms. The van der Waals surface area contributed by atoms with Crippen molar-refractivity contribution in [3.05, 3.63) is 70.9 Å². The number of amides is 1. The number of anilines is 1. The molecule has 2 heterocycles. The van der Waals surface area contributed by atoms with E-state index >= 15 is 0 Å². The first-order valence-electron chi connectivity index (χ1n) is 10.0. The minimum atomic E-state index is -0.537. The van der Waals surface area contributed by atoms with Gasteiger partial charge < -0.3 is 15.6 Å². The van der Waals surface area contributed by atoms with Gasteiger partial charge in [0.1, 0.15) is 0 Å². The van der Waals surface area contributed by atoms with Crippen LogP contribution in [0.2, 0.25) is 0 Å². The Morgan fingerprint density at radius 1 is 1.14 bits per heavy atom. The lowest BCUT2D eigenvalue weighted by atomic mass is 10.1. The van der Waals surface area contributed by atoms with Crippen molar-refractivity contribution in [2.75, 3.05) is 18.4 Å². The maximum Gasteiger partial charge on any atom is 0.267 e. The molecule has 1 aliphatic heterocycles. The lowest BCUT2D eigenvalue weighted by Gasteiger charge is -2.13. The number of rotatable bonds is 7. The van der Waals surface area contributed by atoms with E-state index in [1.807, 2.05) is 24.3 Å². The van der Waals surface area contributed by atoms with Gasteiger partial charge in [0.05, 0.1) is 5.69 Å². The number of benzene rings is 2. The second-order valence-electron chi connectivity index (χ2n) is 7.37. The van der Waals surface area contributed by atoms with Crippen LogP contribution in [0.5, 0.6) is 0 Å². The molecule has 4 rings (SSSR count). The third-order valence-corrected chi connectivity index (χ3v) is 5.28. The molecule has 6 nitrogen and oxygen atoms in total. The van der Waals surface area contributed by atoms with E-state index in [0.29, 0.717) is 0 Å². The molecule has 5 N–H and O–H groups in total. The van der Waals surface area contributed by atoms with Crippen LogP contribution < -0.4 is 16.1 Å². The number of hydrogen-bond acceptors (Lipinski definition) is 4. The highest BCUT2D eigenvalue weighted by Gasteiger charge is 2.14. The maximum atomic E-state index is 11.0. The van der Waals surface area contributed by atoms with Gasteiger partial charge in [0, 0.05) is 35.8 Å². The molecule has 29 heavy (non-hydrogen) atoms. The summed E-state index contributed by atoms with van der Waals surface area (Å²) in [4.78, 5) is 14.5. The fraction of sp³-hybridized carbons (Fsp3) is 0.261. The van der Waals surface area contributed by atoms with Crippen molar-refractivity contribution >= 4 is 28.6 Å². The molecule has 1 aliphatic rings. The van der Waals surface area contributed by atoms with E-state index in [1.165, 1.54) is 45.9 Å². The van der Waals surface area contributed by atoms with Gasteiger partial charge >= 0.3 is 0 Å². The van der Waals surface area contributed by atoms with Gasteiger partial charge in [-0.2, -0.15) is 0 Å². The Kier molecular flexibility index (Phi) is 5.93. The molecule has 0 spiro atoms. The SMILES string of the molecule is O=C(/C=C/c1ccc(CNCCc2ccc3[nH]c4c(c3c2)NCCC4)cc1)NO. The van der Waals surface area contributed by atoms with Crippen LogP contribution in [0.25, 0.3) is 17.0 Å². The average molecular weight is 390 g/mol. The summed E-state index contributed by atoms with van der Waals surface area (Å²) in [7, 11) is 0. The number of carbonyl (C=O) groups excluding carboxylic acids is 1. The second-order valence-corrected chi connectivity index (χ2v) is 7.37. The Morgan fingerprint density at radius 3 is 2.79 bits per heavy atom. The van der Waals surface area contributed by atoms with Gasteiger partial charge in [-0.05, 0) is 60.7 Å². The molecule has 0 unspecified atom stereocenters. The van der Waals surface area contributed by atoms with E-state index in [-0.39, 0.29) is 0 Å². The van der Waals surface area contributed by atoms with Gasteiger partial charge in [-0.15, -0.1) is 0 Å². The van der Waals surface area contributed by atoms with Gasteiger partial charge in [0.25, 0.3) is 5.91 Å². The van der Waals surface area contributed by atoms with Crippen LogP contribution in [-0.2, 0) is 24.2 Å². The minimum Gasteiger partial charge on any atom is -0.383 e. The number of aromatic nitrogens is 1. The van der Waals surface area contributed by atoms with Gasteiger partial charge in [-0.25, -0.2) is 5.48 Å². The molecule has 1 amide bonds. The van der Waals surface area contributed by atoms with Crippen molar-refractivity contribution < 1.29 is 10.0 Å². The van der Waals surface area contributed by atoms with Crippen molar-refractivity contribution in [1.82, 2.24) is 15.8 Å². The monoisotopic (exact) mass is 390 g/mol. The third-order valence-electron chi connectivity index (χ3n) is 5.28. The number of hydroxylamine groups is 1. The fourth-order valence-corrected chi connectivity index (χ4v) is 3.74. The molecular formula is C23H26N4O2. The van der Waals surface area contributed by atoms with Crippen LogP contribution in [0, 0.1) is 0 Å². The Hall–Kier alpha value is -3.09. The summed E-state index contributed by atoms with van der Waals surface area (Å²) in [5.41, 5.74) is 8.84. The predicted molar refractivity (Wildman–Crippen MR) is 116 cm³/mol. The average Bonchev–Trinajstić information content (AvgIpc) is 3.14. The molecule has 0 fully saturated rings. The van der Waals surface area contributed by atoms with Crippen LogP contribution in [0.1, 0.15) is 28.8 Å². The molecule has 0 aliphatic carbocycles. The van der Waals surface area contributed by atoms with E-state index in [2.05, 4.69) is 33.8 Å². The van der Waals surface area contributed by atoms with Crippen LogP contribution >= 0.6 is 0 Å². The quantitative estimate of drug-likeness (QED) is 0.185. The van der Waals surface area contributed by atoms with Gasteiger partial charge in [-0.3, -0.25) is 10.0 Å². The summed E-state index contributed by atoms with van der Waals surface area (Å²) in [6, 6.07) is 14.7. The summed E-state index contributed by atoms with van der Waals surface area (Å²) >= 11 is 0. The van der Waals surface area contributed by atoms with Crippen molar-refractivity contribution in [3.8, 4) is 0 Å². The molecular weight excluding hydrogens is 364 g/mol. The zero-order valence-corrected chi connectivity index (χ0v) is 16.3. The highest BCUT2D eigenvalue weighted by atomic mass is 16.5. The first-order chi connectivity index (χ1) is 14.2. The summed E-state index contributed by atoms with van der Waals surface area (Å²) in [5.74, 6) is -0.537. The van der Waals surface area contributed by atoms with Crippen LogP contribution in [0.3, 0.4) is 0 Å². The lowest BCUT2D eigenvalue weighted by molar-refractivity contribution is -0.124. The highest BCUT2D eigenvalue weighted by Crippen LogP contribution is 2.31. The summed E-state index contributed by atoms with van der Waals surface area (Å²) in [6.07, 6.45) is 6.24. The number of fused-ring (bicyclic) bond motifs is 3. The smallest absolute Gasteiger partial charge is 0.267 e. The van der Waals surface area contributed by atoms with Crippen LogP contribution in [0.4, 0.5) is 5.69 Å². The van der Waals surface area contributed by atoms with Gasteiger partial charge in [0.2, 0.25) is 0 Å². The normalized spacial score (nSPS) is 13.4. The van der Waals surface area contributed by atoms with Crippen LogP contribution in [-0.4, -0.2) is 29.2 Å². The fourth-order valence-electron chi connectivity index (χ4n) is 3.74. The molecule has 0 saturated carbocycles. The number of nitrogens with one attached hydrogen (secondary N) is 4. The molecule has 1 aromatic heterocycles. The number of hydrogen-bond donors (Lipinski definition) is 5. The Morgan fingerprint density at radius 2 is 1.97 bits per heavy atom. The molecule has 0 radical (unpaired) electrons. The number of carbonyl (C=O) groups is 1. The highest BCUT2D eigenvalue weighted by molar-refractivity contribution is 5.95. The van der Waals surface area contributed by atoms with Crippen molar-refractivity contribution in [1.29, 1.82) is 0 Å². The minimum absolute atomic E-state index is 0.537. The van der Waals surface area contributed by atoms with E-state index in [9.17, 15) is 4.79 Å². The molecule has 150 valence electrons. The van der Waals surface area contributed by atoms with Gasteiger partial charge in [-0.1, -0.05) is 30.3 Å². The second kappa shape index (κ2) is 8.94. The molecule has 3 aromatic rings. The topological polar surface area (TPSA) is 89.2 Å². The van der Waals surface area contributed by atoms with E-state index in [0.717, 1.165) is 38.0 Å². The van der Waals surface area contributed by atoms with E-state index in [4.69, 9.17) is 5.21 Å². The molecule has 0 atom stereocenters. The number of aryl methyl sites for hydroxylation is 1. The van der Waals surface area contributed by atoms with E-state index in [1.54, 1.807) is 11.6 Å². The molecule has 2 aromatic carbocycles. The van der Waals surface area contributed by atoms with E-state index < -0.39 is 5.91 Å². The Bertz CT molecular complexity index is 1020. The standard InChI is InChI=1S/C23H26N4O2/c28-22(27-29)10-8-16-3-5-18(6-4-16)15-24-13-11-17-7-9-20-19(14-17)23-21(26-20)2-1-12-25-23/h3-10,14,24-26,29H,1-2,11-13,15H2,(H,27,28)/b10-8+. The maximum absolute atomic E-state index is 11.0. The number of aromatic amines is 1. The predicted octanol–water partition coefficient (Wildman–Crippen LogP) is 3.38. The lowest BCUT2D eigenvalue weighted by Crippen LogP contribution is -2.16. The first kappa shape index (κ1) is 19.2. The summed E-state index contributed by atoms with van der Waals surface area (Å²) in [6.45, 7) is 2.75. The largest absolute Gasteiger partial charge is 0.383 e. The van der Waals surface area contributed by atoms with Gasteiger partial charge in [0.15, 0.2) is 0 Å². The summed E-state index contributed by atoms with van der Waals surface area (Å²) < 4.78 is 0. The molecule has 0 bridgehead atoms. The zero-order valence-electron chi connectivity index (χ0n) is 16.3. The van der Waals surface area contributed by atoms with Crippen molar-refractivity contribution in [2.24, 2.45) is 0 Å². The molecule has 0 saturated heterocycles. The zero-order chi connectivity index (χ0) is 20.1. The van der Waals surface area contributed by atoms with Crippen LogP contribution in [0.15, 0.2) is 48.5 Å². The van der Waals surface area contributed by atoms with Crippen molar-refractivity contribution in [2.45, 2.75) is 25.8 Å². The Labute approximate surface area is 170 Å². The number of H-pyrrole nitrogens is 1. The third kappa shape index (κ3) is 4.67. The first-order valence-corrected chi connectivity index (χ1v) is 10.0.